The molecule has 0 aromatic heterocycles. The average Bonchev–Trinajstić information content (AvgIpc) is 2.38. The Bertz CT molecular complexity index is 416. The Labute approximate surface area is 102 Å². The molecule has 0 N–H and O–H groups in total. The van der Waals surface area contributed by atoms with Crippen LogP contribution in [0.15, 0.2) is 61.7 Å². The molecule has 1 aromatic carbocycles. The Morgan fingerprint density at radius 2 is 2.00 bits per heavy atom. The molecule has 0 spiro atoms. The van der Waals surface area contributed by atoms with Gasteiger partial charge >= 0.3 is 5.97 Å². The van der Waals surface area contributed by atoms with E-state index in [2.05, 4.69) is 13.2 Å². The zero-order valence-electron chi connectivity index (χ0n) is 9.76. The summed E-state index contributed by atoms with van der Waals surface area (Å²) in [7, 11) is 0. The second-order valence-electron chi connectivity index (χ2n) is 3.45. The van der Waals surface area contributed by atoms with Crippen LogP contribution < -0.4 is 0 Å². The maximum atomic E-state index is 10.7. The average molecular weight is 228 g/mol. The van der Waals surface area contributed by atoms with Gasteiger partial charge < -0.3 is 4.74 Å². The van der Waals surface area contributed by atoms with Crippen LogP contribution in [0.5, 0.6) is 0 Å². The van der Waals surface area contributed by atoms with Gasteiger partial charge in [-0.15, -0.1) is 0 Å². The third kappa shape index (κ3) is 4.98. The van der Waals surface area contributed by atoms with Crippen molar-refractivity contribution in [2.24, 2.45) is 0 Å². The third-order valence-corrected chi connectivity index (χ3v) is 2.16. The van der Waals surface area contributed by atoms with Gasteiger partial charge in [0.25, 0.3) is 0 Å². The van der Waals surface area contributed by atoms with E-state index in [1.54, 1.807) is 0 Å². The number of benzene rings is 1. The zero-order chi connectivity index (χ0) is 12.5. The molecule has 0 aliphatic carbocycles. The second-order valence-corrected chi connectivity index (χ2v) is 3.45. The summed E-state index contributed by atoms with van der Waals surface area (Å²) in [5.41, 5.74) is 2.03. The Balaban J connectivity index is 2.32. The van der Waals surface area contributed by atoms with Crippen molar-refractivity contribution in [1.29, 1.82) is 0 Å². The molecule has 0 fully saturated rings. The first-order valence-electron chi connectivity index (χ1n) is 5.44. The standard InChI is InChI=1S/C15H16O2/c1-3-15(16)17-12-8-7-9-13(2)14-10-5-4-6-11-14/h3-7,9-11H,1-2,8,12H2. The van der Waals surface area contributed by atoms with Crippen LogP contribution in [0.3, 0.4) is 0 Å². The summed E-state index contributed by atoms with van der Waals surface area (Å²) in [5.74, 6) is -0.389. The summed E-state index contributed by atoms with van der Waals surface area (Å²) < 4.78 is 4.84. The predicted molar refractivity (Wildman–Crippen MR) is 70.4 cm³/mol. The van der Waals surface area contributed by atoms with Crippen LogP contribution in [0.4, 0.5) is 0 Å². The fourth-order valence-corrected chi connectivity index (χ4v) is 1.26. The van der Waals surface area contributed by atoms with E-state index in [1.165, 1.54) is 0 Å². The minimum absolute atomic E-state index is 0.365. The maximum Gasteiger partial charge on any atom is 0.330 e. The quantitative estimate of drug-likeness (QED) is 0.323. The minimum Gasteiger partial charge on any atom is -0.462 e. The van der Waals surface area contributed by atoms with E-state index in [9.17, 15) is 4.79 Å². The van der Waals surface area contributed by atoms with Crippen molar-refractivity contribution in [3.05, 3.63) is 67.3 Å². The van der Waals surface area contributed by atoms with Crippen molar-refractivity contribution in [3.8, 4) is 0 Å². The van der Waals surface area contributed by atoms with Gasteiger partial charge in [-0.05, 0) is 17.6 Å². The maximum absolute atomic E-state index is 10.7. The number of carbonyl (C=O) groups is 1. The molecule has 2 nitrogen and oxygen atoms in total. The first-order valence-corrected chi connectivity index (χ1v) is 5.44. The van der Waals surface area contributed by atoms with Gasteiger partial charge in [0, 0.05) is 6.08 Å². The van der Waals surface area contributed by atoms with Crippen LogP contribution in [-0.4, -0.2) is 12.6 Å². The van der Waals surface area contributed by atoms with E-state index in [4.69, 9.17) is 4.74 Å². The smallest absolute Gasteiger partial charge is 0.330 e. The number of rotatable bonds is 6. The molecule has 0 unspecified atom stereocenters. The van der Waals surface area contributed by atoms with E-state index in [0.717, 1.165) is 17.2 Å². The van der Waals surface area contributed by atoms with Crippen LogP contribution in [-0.2, 0) is 9.53 Å². The van der Waals surface area contributed by atoms with E-state index in [-0.39, 0.29) is 5.97 Å². The predicted octanol–water partition coefficient (Wildman–Crippen LogP) is 3.38. The summed E-state index contributed by atoms with van der Waals surface area (Å²) in [6.45, 7) is 7.65. The lowest BCUT2D eigenvalue weighted by atomic mass is 10.1. The first kappa shape index (κ1) is 13.0. The number of hydrogen-bond acceptors (Lipinski definition) is 2. The third-order valence-electron chi connectivity index (χ3n) is 2.16. The highest BCUT2D eigenvalue weighted by Gasteiger charge is 1.94. The summed E-state index contributed by atoms with van der Waals surface area (Å²) in [6, 6.07) is 9.92. The van der Waals surface area contributed by atoms with Crippen LogP contribution >= 0.6 is 0 Å². The Morgan fingerprint density at radius 1 is 1.29 bits per heavy atom. The fourth-order valence-electron chi connectivity index (χ4n) is 1.26. The van der Waals surface area contributed by atoms with Crippen molar-refractivity contribution in [1.82, 2.24) is 0 Å². The van der Waals surface area contributed by atoms with Gasteiger partial charge in [0.05, 0.1) is 6.61 Å². The molecule has 0 aliphatic rings. The Morgan fingerprint density at radius 3 is 2.65 bits per heavy atom. The molecule has 0 radical (unpaired) electrons. The lowest BCUT2D eigenvalue weighted by Crippen LogP contribution is -2.00. The normalized spacial score (nSPS) is 10.1. The first-order chi connectivity index (χ1) is 8.24. The summed E-state index contributed by atoms with van der Waals surface area (Å²) in [4.78, 5) is 10.7. The Hall–Kier alpha value is -2.09. The number of carbonyl (C=O) groups excluding carboxylic acids is 1. The molecule has 0 bridgehead atoms. The number of hydrogen-bond donors (Lipinski definition) is 0. The topological polar surface area (TPSA) is 26.3 Å². The van der Waals surface area contributed by atoms with Gasteiger partial charge in [-0.2, -0.15) is 0 Å². The summed E-state index contributed by atoms with van der Waals surface area (Å²) >= 11 is 0. The molecule has 1 aromatic rings. The van der Waals surface area contributed by atoms with Gasteiger partial charge in [0.15, 0.2) is 0 Å². The van der Waals surface area contributed by atoms with Gasteiger partial charge in [-0.25, -0.2) is 4.79 Å². The molecule has 17 heavy (non-hydrogen) atoms. The van der Waals surface area contributed by atoms with E-state index in [1.807, 2.05) is 42.5 Å². The van der Waals surface area contributed by atoms with E-state index < -0.39 is 0 Å². The fraction of sp³-hybridized carbons (Fsp3) is 0.133. The van der Waals surface area contributed by atoms with Crippen LogP contribution in [0.25, 0.3) is 5.57 Å². The second kappa shape index (κ2) is 7.23. The SMILES string of the molecule is C=CC(=O)OCCC=CC(=C)c1ccccc1. The number of ether oxygens (including phenoxy) is 1. The molecule has 0 heterocycles. The van der Waals surface area contributed by atoms with Gasteiger partial charge in [-0.3, -0.25) is 0 Å². The van der Waals surface area contributed by atoms with E-state index >= 15 is 0 Å². The van der Waals surface area contributed by atoms with Crippen LogP contribution in [0.1, 0.15) is 12.0 Å². The highest BCUT2D eigenvalue weighted by Crippen LogP contribution is 2.12. The van der Waals surface area contributed by atoms with Crippen molar-refractivity contribution >= 4 is 11.5 Å². The van der Waals surface area contributed by atoms with Gasteiger partial charge in [0.1, 0.15) is 0 Å². The number of allylic oxidation sites excluding steroid dienone is 2. The lowest BCUT2D eigenvalue weighted by molar-refractivity contribution is -0.137. The van der Waals surface area contributed by atoms with Crippen molar-refractivity contribution in [3.63, 3.8) is 0 Å². The number of esters is 1. The van der Waals surface area contributed by atoms with Crippen molar-refractivity contribution in [2.45, 2.75) is 6.42 Å². The molecule has 0 atom stereocenters. The minimum atomic E-state index is -0.389. The largest absolute Gasteiger partial charge is 0.462 e. The molecular formula is C15H16O2. The van der Waals surface area contributed by atoms with Crippen LogP contribution in [0.2, 0.25) is 0 Å². The van der Waals surface area contributed by atoms with Crippen LogP contribution in [0, 0.1) is 0 Å². The molecule has 88 valence electrons. The van der Waals surface area contributed by atoms with Gasteiger partial charge in [-0.1, -0.05) is 55.6 Å². The molecule has 2 heteroatoms. The monoisotopic (exact) mass is 228 g/mol. The summed E-state index contributed by atoms with van der Waals surface area (Å²) in [6.07, 6.45) is 5.70. The molecule has 0 saturated carbocycles. The highest BCUT2D eigenvalue weighted by atomic mass is 16.5. The molecule has 0 aliphatic heterocycles. The molecule has 1 rings (SSSR count). The highest BCUT2D eigenvalue weighted by molar-refractivity contribution is 5.81. The molecule has 0 saturated heterocycles. The van der Waals surface area contributed by atoms with Crippen molar-refractivity contribution in [2.75, 3.05) is 6.61 Å². The molecular weight excluding hydrogens is 212 g/mol. The summed E-state index contributed by atoms with van der Waals surface area (Å²) in [5, 5.41) is 0. The van der Waals surface area contributed by atoms with Crippen molar-refractivity contribution < 1.29 is 9.53 Å². The zero-order valence-corrected chi connectivity index (χ0v) is 9.76. The lowest BCUT2D eigenvalue weighted by Gasteiger charge is -2.00. The van der Waals surface area contributed by atoms with Gasteiger partial charge in [0.2, 0.25) is 0 Å². The molecule has 0 amide bonds. The van der Waals surface area contributed by atoms with E-state index in [0.29, 0.717) is 13.0 Å². The Kier molecular flexibility index (Phi) is 5.52.